The number of aliphatic imine (C=N–C) groups is 1. The summed E-state index contributed by atoms with van der Waals surface area (Å²) in [4.78, 5) is 9.18. The zero-order valence-corrected chi connectivity index (χ0v) is 21.6. The van der Waals surface area contributed by atoms with E-state index in [1.54, 1.807) is 30.5 Å². The van der Waals surface area contributed by atoms with E-state index in [1.807, 2.05) is 49.4 Å². The van der Waals surface area contributed by atoms with Crippen LogP contribution in [0.4, 0.5) is 5.69 Å². The molecule has 0 bridgehead atoms. The minimum Gasteiger partial charge on any atom is -0.872 e. The van der Waals surface area contributed by atoms with Crippen LogP contribution in [0.5, 0.6) is 11.5 Å². The van der Waals surface area contributed by atoms with Gasteiger partial charge in [0.2, 0.25) is 0 Å². The van der Waals surface area contributed by atoms with Crippen molar-refractivity contribution in [2.75, 3.05) is 0 Å². The number of fused-ring (bicyclic) bond motifs is 3. The van der Waals surface area contributed by atoms with Crippen molar-refractivity contribution in [1.82, 2.24) is 4.98 Å². The Morgan fingerprint density at radius 3 is 1.58 bits per heavy atom. The van der Waals surface area contributed by atoms with E-state index in [1.165, 1.54) is 11.1 Å². The molecular formula is C31H28N2NiO2. The Hall–Kier alpha value is -3.69. The molecule has 0 spiro atoms. The van der Waals surface area contributed by atoms with Gasteiger partial charge in [0.05, 0.1) is 17.1 Å². The quantitative estimate of drug-likeness (QED) is 0.155. The molecule has 0 aliphatic heterocycles. The van der Waals surface area contributed by atoms with Gasteiger partial charge in [-0.05, 0) is 64.6 Å². The zero-order chi connectivity index (χ0) is 24.8. The van der Waals surface area contributed by atoms with E-state index in [-0.39, 0.29) is 16.5 Å². The predicted octanol–water partition coefficient (Wildman–Crippen LogP) is 6.48. The average molecular weight is 519 g/mol. The van der Waals surface area contributed by atoms with Crippen LogP contribution in [-0.2, 0) is 29.3 Å². The molecule has 0 aliphatic carbocycles. The molecule has 184 valence electrons. The van der Waals surface area contributed by atoms with E-state index in [2.05, 4.69) is 37.0 Å². The fourth-order valence-electron chi connectivity index (χ4n) is 4.24. The van der Waals surface area contributed by atoms with Crippen LogP contribution in [0.2, 0.25) is 0 Å². The first-order chi connectivity index (χ1) is 17.0. The minimum absolute atomic E-state index is 0. The molecule has 5 heteroatoms. The molecule has 0 radical (unpaired) electrons. The molecule has 4 nitrogen and oxygen atoms in total. The van der Waals surface area contributed by atoms with Gasteiger partial charge in [0.1, 0.15) is 0 Å². The van der Waals surface area contributed by atoms with Gasteiger partial charge >= 0.3 is 16.5 Å². The minimum atomic E-state index is -0.408. The number of rotatable bonds is 4. The van der Waals surface area contributed by atoms with Crippen molar-refractivity contribution in [2.24, 2.45) is 4.99 Å². The third kappa shape index (κ3) is 5.58. The van der Waals surface area contributed by atoms with E-state index < -0.39 is 11.5 Å². The van der Waals surface area contributed by atoms with Gasteiger partial charge in [-0.3, -0.25) is 9.98 Å². The molecule has 0 N–H and O–H groups in total. The number of hydrogen-bond donors (Lipinski definition) is 0. The summed E-state index contributed by atoms with van der Waals surface area (Å²) in [6, 6.07) is 26.8. The first kappa shape index (κ1) is 26.9. The molecule has 5 rings (SSSR count). The summed E-state index contributed by atoms with van der Waals surface area (Å²) in [6.45, 7) is 6.36. The van der Waals surface area contributed by atoms with Crippen LogP contribution in [0, 0.1) is 0 Å². The Morgan fingerprint density at radius 1 is 0.667 bits per heavy atom. The predicted molar refractivity (Wildman–Crippen MR) is 142 cm³/mol. The third-order valence-corrected chi connectivity index (χ3v) is 6.12. The summed E-state index contributed by atoms with van der Waals surface area (Å²) in [5.74, 6) is -0.816. The fourth-order valence-corrected chi connectivity index (χ4v) is 4.24. The number of aryl methyl sites for hydroxylation is 2. The molecule has 0 aliphatic rings. The first-order valence-corrected chi connectivity index (χ1v) is 11.9. The molecule has 4 aromatic carbocycles. The molecule has 5 aromatic rings. The standard InChI is InChI=1S/C17H20N2.C14H10O2.Ni/c1-4-14-9-8-10-15(5-2)17(14)19-13(3)16-11-6-7-12-18-16;15-13-11-7-3-1-5-9(11)10-6-2-4-8-12(10)14(13)16;/h6-12H,4-5H2,1-3H3;1-8,15-16H;/q;;+2/p-2. The Bertz CT molecular complexity index is 1410. The zero-order valence-electron chi connectivity index (χ0n) is 20.6. The third-order valence-electron chi connectivity index (χ3n) is 6.12. The molecular weight excluding hydrogens is 491 g/mol. The van der Waals surface area contributed by atoms with Crippen LogP contribution >= 0.6 is 0 Å². The maximum atomic E-state index is 11.8. The van der Waals surface area contributed by atoms with Gasteiger partial charge < -0.3 is 10.2 Å². The maximum absolute atomic E-state index is 11.8. The molecule has 0 fully saturated rings. The van der Waals surface area contributed by atoms with Gasteiger partial charge in [-0.25, -0.2) is 0 Å². The molecule has 0 saturated heterocycles. The number of pyridine rings is 1. The second-order valence-corrected chi connectivity index (χ2v) is 8.29. The molecule has 0 saturated carbocycles. The van der Waals surface area contributed by atoms with Crippen LogP contribution in [0.15, 0.2) is 96.1 Å². The Labute approximate surface area is 222 Å². The summed E-state index contributed by atoms with van der Waals surface area (Å²) in [5, 5.41) is 26.4. The van der Waals surface area contributed by atoms with Crippen molar-refractivity contribution in [1.29, 1.82) is 0 Å². The summed E-state index contributed by atoms with van der Waals surface area (Å²) in [6.07, 6.45) is 3.81. The summed E-state index contributed by atoms with van der Waals surface area (Å²) in [7, 11) is 0. The second-order valence-electron chi connectivity index (χ2n) is 8.29. The van der Waals surface area contributed by atoms with Crippen LogP contribution in [-0.4, -0.2) is 10.7 Å². The van der Waals surface area contributed by atoms with E-state index in [9.17, 15) is 10.2 Å². The monoisotopic (exact) mass is 518 g/mol. The maximum Gasteiger partial charge on any atom is 2.00 e. The van der Waals surface area contributed by atoms with E-state index in [0.29, 0.717) is 10.8 Å². The van der Waals surface area contributed by atoms with Gasteiger partial charge in [-0.2, -0.15) is 0 Å². The first-order valence-electron chi connectivity index (χ1n) is 11.9. The Kier molecular flexibility index (Phi) is 9.21. The van der Waals surface area contributed by atoms with E-state index in [0.717, 1.165) is 40.7 Å². The molecule has 1 heterocycles. The van der Waals surface area contributed by atoms with Crippen molar-refractivity contribution in [3.63, 3.8) is 0 Å². The number of nitrogens with zero attached hydrogens (tertiary/aromatic N) is 2. The largest absolute Gasteiger partial charge is 2.00 e. The van der Waals surface area contributed by atoms with Crippen molar-refractivity contribution in [3.8, 4) is 11.5 Å². The van der Waals surface area contributed by atoms with Gasteiger partial charge in [-0.15, -0.1) is 11.5 Å². The normalized spacial score (nSPS) is 11.0. The Balaban J connectivity index is 0.000000197. The Morgan fingerprint density at radius 2 is 1.14 bits per heavy atom. The van der Waals surface area contributed by atoms with Gasteiger partial charge in [0.15, 0.2) is 0 Å². The van der Waals surface area contributed by atoms with Gasteiger partial charge in [0.25, 0.3) is 0 Å². The number of aromatic nitrogens is 1. The van der Waals surface area contributed by atoms with Crippen LogP contribution in [0.1, 0.15) is 37.6 Å². The summed E-state index contributed by atoms with van der Waals surface area (Å²) in [5.41, 5.74) is 5.63. The van der Waals surface area contributed by atoms with Crippen LogP contribution < -0.4 is 10.2 Å². The molecule has 0 atom stereocenters. The fraction of sp³-hybridized carbons (Fsp3) is 0.161. The SMILES string of the molecule is CCc1cccc(CC)c1N=C(C)c1ccccn1.[Ni+2].[O-]c1c([O-])c2ccccc2c2ccccc12. The number of benzene rings is 4. The van der Waals surface area contributed by atoms with Crippen molar-refractivity contribution in [2.45, 2.75) is 33.6 Å². The number of hydrogen-bond acceptors (Lipinski definition) is 4. The smallest absolute Gasteiger partial charge is 0.872 e. The van der Waals surface area contributed by atoms with E-state index in [4.69, 9.17) is 4.99 Å². The second kappa shape index (κ2) is 12.3. The summed E-state index contributed by atoms with van der Waals surface area (Å²) < 4.78 is 0. The molecule has 0 unspecified atom stereocenters. The average Bonchev–Trinajstić information content (AvgIpc) is 2.92. The topological polar surface area (TPSA) is 71.4 Å². The van der Waals surface area contributed by atoms with Crippen LogP contribution in [0.3, 0.4) is 0 Å². The molecule has 36 heavy (non-hydrogen) atoms. The van der Waals surface area contributed by atoms with E-state index >= 15 is 0 Å². The van der Waals surface area contributed by atoms with Gasteiger partial charge in [0, 0.05) is 6.20 Å². The van der Waals surface area contributed by atoms with Crippen molar-refractivity contribution in [3.05, 3.63) is 108 Å². The summed E-state index contributed by atoms with van der Waals surface area (Å²) >= 11 is 0. The molecule has 0 amide bonds. The van der Waals surface area contributed by atoms with Crippen molar-refractivity contribution < 1.29 is 26.7 Å². The van der Waals surface area contributed by atoms with Crippen molar-refractivity contribution >= 4 is 32.9 Å². The van der Waals surface area contributed by atoms with Gasteiger partial charge in [-0.1, -0.05) is 86.6 Å². The molecule has 1 aromatic heterocycles. The number of para-hydroxylation sites is 1. The van der Waals surface area contributed by atoms with Crippen LogP contribution in [0.25, 0.3) is 21.5 Å².